The molecule has 0 saturated carbocycles. The molecule has 104 valence electrons. The van der Waals surface area contributed by atoms with Gasteiger partial charge in [-0.05, 0) is 39.6 Å². The van der Waals surface area contributed by atoms with Crippen LogP contribution in [0.5, 0.6) is 5.75 Å². The molecule has 1 aromatic heterocycles. The van der Waals surface area contributed by atoms with Gasteiger partial charge in [-0.15, -0.1) is 11.8 Å². The van der Waals surface area contributed by atoms with Crippen LogP contribution >= 0.6 is 27.7 Å². The van der Waals surface area contributed by atoms with Gasteiger partial charge in [0.05, 0.1) is 7.11 Å². The fraction of sp³-hybridized carbons (Fsp3) is 0.154. The maximum absolute atomic E-state index is 9.23. The Morgan fingerprint density at radius 3 is 2.80 bits per heavy atom. The van der Waals surface area contributed by atoms with Crippen LogP contribution in [-0.2, 0) is 5.75 Å². The van der Waals surface area contributed by atoms with Crippen molar-refractivity contribution in [2.24, 2.45) is 0 Å². The van der Waals surface area contributed by atoms with Gasteiger partial charge < -0.3 is 14.8 Å². The summed E-state index contributed by atoms with van der Waals surface area (Å²) in [6, 6.07) is 8.89. The maximum Gasteiger partial charge on any atom is 0.488 e. The molecule has 4 nitrogen and oxygen atoms in total. The third-order valence-electron chi connectivity index (χ3n) is 2.69. The summed E-state index contributed by atoms with van der Waals surface area (Å²) in [6.07, 6.45) is 1.73. The number of ether oxygens (including phenoxy) is 1. The largest absolute Gasteiger partial charge is 0.496 e. The first-order valence-corrected chi connectivity index (χ1v) is 7.66. The maximum atomic E-state index is 9.23. The van der Waals surface area contributed by atoms with Crippen molar-refractivity contribution in [2.75, 3.05) is 7.11 Å². The van der Waals surface area contributed by atoms with E-state index in [2.05, 4.69) is 20.9 Å². The van der Waals surface area contributed by atoms with Crippen molar-refractivity contribution in [1.82, 2.24) is 4.98 Å². The number of hydrogen-bond donors (Lipinski definition) is 2. The lowest BCUT2D eigenvalue weighted by Crippen LogP contribution is -2.30. The van der Waals surface area contributed by atoms with Crippen LogP contribution in [0.4, 0.5) is 0 Å². The minimum Gasteiger partial charge on any atom is -0.496 e. The van der Waals surface area contributed by atoms with E-state index >= 15 is 0 Å². The Kier molecular flexibility index (Phi) is 5.48. The lowest BCUT2D eigenvalue weighted by molar-refractivity contribution is 0.410. The summed E-state index contributed by atoms with van der Waals surface area (Å²) in [5.74, 6) is 1.34. The smallest absolute Gasteiger partial charge is 0.488 e. The van der Waals surface area contributed by atoms with Gasteiger partial charge in [0.1, 0.15) is 10.8 Å². The predicted molar refractivity (Wildman–Crippen MR) is 84.3 cm³/mol. The van der Waals surface area contributed by atoms with Crippen molar-refractivity contribution < 1.29 is 14.8 Å². The van der Waals surface area contributed by atoms with E-state index in [9.17, 15) is 10.0 Å². The quantitative estimate of drug-likeness (QED) is 0.634. The molecule has 7 heteroatoms. The van der Waals surface area contributed by atoms with Gasteiger partial charge in [0.15, 0.2) is 0 Å². The summed E-state index contributed by atoms with van der Waals surface area (Å²) in [6.45, 7) is 0. The number of rotatable bonds is 5. The van der Waals surface area contributed by atoms with Gasteiger partial charge in [-0.1, -0.05) is 12.1 Å². The number of pyridine rings is 1. The average Bonchev–Trinajstić information content (AvgIpc) is 2.46. The van der Waals surface area contributed by atoms with E-state index in [0.717, 1.165) is 15.1 Å². The van der Waals surface area contributed by atoms with E-state index in [-0.39, 0.29) is 0 Å². The highest BCUT2D eigenvalue weighted by Gasteiger charge is 2.14. The normalized spacial score (nSPS) is 10.4. The molecule has 0 aliphatic heterocycles. The van der Waals surface area contributed by atoms with E-state index in [1.165, 1.54) is 0 Å². The number of aromatic nitrogens is 1. The molecule has 2 aromatic rings. The first-order valence-electron chi connectivity index (χ1n) is 5.88. The Bertz CT molecular complexity index is 598. The van der Waals surface area contributed by atoms with Crippen molar-refractivity contribution in [3.05, 3.63) is 46.6 Å². The number of halogens is 1. The van der Waals surface area contributed by atoms with Crippen LogP contribution in [0, 0.1) is 0 Å². The van der Waals surface area contributed by atoms with Gasteiger partial charge >= 0.3 is 7.12 Å². The molecule has 0 radical (unpaired) electrons. The third-order valence-corrected chi connectivity index (χ3v) is 4.65. The Morgan fingerprint density at radius 2 is 2.15 bits per heavy atom. The summed E-state index contributed by atoms with van der Waals surface area (Å²) in [4.78, 5) is 4.28. The molecule has 1 heterocycles. The zero-order valence-electron chi connectivity index (χ0n) is 10.8. The monoisotopic (exact) mass is 353 g/mol. The average molecular weight is 354 g/mol. The highest BCUT2D eigenvalue weighted by molar-refractivity contribution is 9.10. The van der Waals surface area contributed by atoms with Crippen LogP contribution in [0.1, 0.15) is 5.56 Å². The van der Waals surface area contributed by atoms with Gasteiger partial charge in [0.25, 0.3) is 0 Å². The first kappa shape index (κ1) is 15.4. The van der Waals surface area contributed by atoms with Crippen molar-refractivity contribution in [3.8, 4) is 5.75 Å². The molecule has 1 aromatic carbocycles. The Hall–Kier alpha value is -1.02. The van der Waals surface area contributed by atoms with Crippen LogP contribution in [0.2, 0.25) is 0 Å². The standard InChI is InChI=1S/C13H13BBrNO3S/c1-19-12-5-4-10(14(17)18)7-9(12)8-20-13-11(15)3-2-6-16-13/h2-7,17-18H,8H2,1H3. The fourth-order valence-electron chi connectivity index (χ4n) is 1.70. The first-order chi connectivity index (χ1) is 9.61. The predicted octanol–water partition coefficient (Wildman–Crippen LogP) is 1.82. The molecule has 20 heavy (non-hydrogen) atoms. The number of hydrogen-bond acceptors (Lipinski definition) is 5. The molecule has 0 saturated heterocycles. The van der Waals surface area contributed by atoms with E-state index in [1.807, 2.05) is 12.1 Å². The molecule has 0 spiro atoms. The molecule has 0 aliphatic rings. The van der Waals surface area contributed by atoms with Crippen LogP contribution in [0.15, 0.2) is 46.0 Å². The van der Waals surface area contributed by atoms with Crippen LogP contribution in [0.3, 0.4) is 0 Å². The van der Waals surface area contributed by atoms with Crippen molar-refractivity contribution in [1.29, 1.82) is 0 Å². The van der Waals surface area contributed by atoms with E-state index < -0.39 is 7.12 Å². The van der Waals surface area contributed by atoms with Gasteiger partial charge in [-0.25, -0.2) is 4.98 Å². The van der Waals surface area contributed by atoms with E-state index in [1.54, 1.807) is 43.3 Å². The molecule has 2 N–H and O–H groups in total. The van der Waals surface area contributed by atoms with Crippen molar-refractivity contribution in [3.63, 3.8) is 0 Å². The van der Waals surface area contributed by atoms with Gasteiger partial charge in [-0.2, -0.15) is 0 Å². The second-order valence-corrected chi connectivity index (χ2v) is 5.84. The van der Waals surface area contributed by atoms with Gasteiger partial charge in [-0.3, -0.25) is 0 Å². The third kappa shape index (κ3) is 3.76. The number of nitrogens with zero attached hydrogens (tertiary/aromatic N) is 1. The van der Waals surface area contributed by atoms with Gasteiger partial charge in [0.2, 0.25) is 0 Å². The van der Waals surface area contributed by atoms with Crippen LogP contribution < -0.4 is 10.2 Å². The molecule has 0 amide bonds. The molecule has 2 rings (SSSR count). The van der Waals surface area contributed by atoms with Gasteiger partial charge in [0, 0.05) is 22.0 Å². The summed E-state index contributed by atoms with van der Waals surface area (Å²) in [5, 5.41) is 19.3. The SMILES string of the molecule is COc1ccc(B(O)O)cc1CSc1ncccc1Br. The highest BCUT2D eigenvalue weighted by Crippen LogP contribution is 2.30. The second-order valence-electron chi connectivity index (χ2n) is 4.02. The molecule has 0 unspecified atom stereocenters. The summed E-state index contributed by atoms with van der Waals surface area (Å²) < 4.78 is 6.22. The van der Waals surface area contributed by atoms with Crippen LogP contribution in [-0.4, -0.2) is 29.3 Å². The molecule has 0 bridgehead atoms. The Balaban J connectivity index is 2.19. The molecule has 0 fully saturated rings. The van der Waals surface area contributed by atoms with E-state index in [4.69, 9.17) is 4.74 Å². The second kappa shape index (κ2) is 7.13. The minimum atomic E-state index is -1.48. The topological polar surface area (TPSA) is 62.6 Å². The molecule has 0 atom stereocenters. The Labute approximate surface area is 130 Å². The molecular formula is C13H13BBrNO3S. The number of thioether (sulfide) groups is 1. The van der Waals surface area contributed by atoms with Crippen molar-refractivity contribution in [2.45, 2.75) is 10.8 Å². The lowest BCUT2D eigenvalue weighted by Gasteiger charge is -2.10. The summed E-state index contributed by atoms with van der Waals surface area (Å²) in [5.41, 5.74) is 1.34. The highest BCUT2D eigenvalue weighted by atomic mass is 79.9. The summed E-state index contributed by atoms with van der Waals surface area (Å²) in [7, 11) is 0.112. The van der Waals surface area contributed by atoms with E-state index in [0.29, 0.717) is 17.0 Å². The van der Waals surface area contributed by atoms with Crippen molar-refractivity contribution >= 4 is 40.3 Å². The summed E-state index contributed by atoms with van der Waals surface area (Å²) >= 11 is 5.00. The molecule has 0 aliphatic carbocycles. The zero-order valence-corrected chi connectivity index (χ0v) is 13.2. The molecular weight excluding hydrogens is 341 g/mol. The minimum absolute atomic E-state index is 0.446. The zero-order chi connectivity index (χ0) is 14.5. The Morgan fingerprint density at radius 1 is 1.35 bits per heavy atom. The van der Waals surface area contributed by atoms with Crippen LogP contribution in [0.25, 0.3) is 0 Å². The number of benzene rings is 1. The fourth-order valence-corrected chi connectivity index (χ4v) is 3.15. The number of methoxy groups -OCH3 is 1. The lowest BCUT2D eigenvalue weighted by atomic mass is 9.79.